The number of thioether (sulfide) groups is 1. The van der Waals surface area contributed by atoms with E-state index in [0.29, 0.717) is 10.7 Å². The van der Waals surface area contributed by atoms with E-state index in [2.05, 4.69) is 0 Å². The van der Waals surface area contributed by atoms with Gasteiger partial charge in [-0.2, -0.15) is 0 Å². The van der Waals surface area contributed by atoms with Crippen LogP contribution in [0.5, 0.6) is 0 Å². The van der Waals surface area contributed by atoms with Gasteiger partial charge in [-0.1, -0.05) is 42.3 Å². The van der Waals surface area contributed by atoms with E-state index in [1.165, 1.54) is 12.0 Å². The lowest BCUT2D eigenvalue weighted by Gasteiger charge is -2.25. The zero-order valence-electron chi connectivity index (χ0n) is 15.3. The molecular formula is C19H24ClNO4S. The third kappa shape index (κ3) is 5.01. The molecule has 0 bridgehead atoms. The minimum Gasteiger partial charge on any atom is -0.468 e. The molecule has 1 aromatic rings. The van der Waals surface area contributed by atoms with E-state index in [4.69, 9.17) is 16.3 Å². The fourth-order valence-corrected chi connectivity index (χ4v) is 4.25. The number of halogens is 1. The number of nitrogens with zero attached hydrogens (tertiary/aromatic N) is 1. The van der Waals surface area contributed by atoms with Crippen LogP contribution in [0.2, 0.25) is 5.02 Å². The molecule has 1 saturated carbocycles. The Balaban J connectivity index is 2.19. The molecule has 0 radical (unpaired) electrons. The van der Waals surface area contributed by atoms with Crippen LogP contribution in [0.25, 0.3) is 0 Å². The average Bonchev–Trinajstić information content (AvgIpc) is 3.16. The lowest BCUT2D eigenvalue weighted by atomic mass is 10.1. The van der Waals surface area contributed by atoms with Gasteiger partial charge in [-0.05, 0) is 43.9 Å². The summed E-state index contributed by atoms with van der Waals surface area (Å²) in [5.74, 6) is -0.779. The topological polar surface area (TPSA) is 63.7 Å². The first-order chi connectivity index (χ1) is 12.3. The van der Waals surface area contributed by atoms with E-state index in [-0.39, 0.29) is 29.2 Å². The minimum atomic E-state index is -0.524. The van der Waals surface area contributed by atoms with Crippen LogP contribution in [0.4, 0.5) is 5.69 Å². The second-order valence-corrected chi connectivity index (χ2v) is 7.87. The number of anilines is 1. The summed E-state index contributed by atoms with van der Waals surface area (Å²) in [5, 5.41) is 0.580. The van der Waals surface area contributed by atoms with Crippen LogP contribution in [0.15, 0.2) is 12.1 Å². The van der Waals surface area contributed by atoms with Crippen molar-refractivity contribution in [1.82, 2.24) is 0 Å². The number of hydrogen-bond donors (Lipinski definition) is 0. The number of amides is 1. The summed E-state index contributed by atoms with van der Waals surface area (Å²) in [5.41, 5.74) is 2.15. The van der Waals surface area contributed by atoms with Crippen LogP contribution < -0.4 is 4.90 Å². The van der Waals surface area contributed by atoms with E-state index >= 15 is 0 Å². The smallest absolute Gasteiger partial charge is 0.325 e. The molecule has 7 heteroatoms. The Labute approximate surface area is 163 Å². The highest BCUT2D eigenvalue weighted by Gasteiger charge is 2.27. The molecule has 26 heavy (non-hydrogen) atoms. The van der Waals surface area contributed by atoms with Gasteiger partial charge in [0.1, 0.15) is 6.54 Å². The van der Waals surface area contributed by atoms with E-state index in [9.17, 15) is 14.4 Å². The van der Waals surface area contributed by atoms with Crippen molar-refractivity contribution >= 4 is 46.0 Å². The number of benzene rings is 1. The summed E-state index contributed by atoms with van der Waals surface area (Å²) in [6.07, 6.45) is 3.94. The summed E-state index contributed by atoms with van der Waals surface area (Å²) >= 11 is 7.25. The summed E-state index contributed by atoms with van der Waals surface area (Å²) in [4.78, 5) is 38.3. The van der Waals surface area contributed by atoms with Gasteiger partial charge < -0.3 is 4.74 Å². The number of esters is 1. The van der Waals surface area contributed by atoms with Gasteiger partial charge in [-0.3, -0.25) is 19.3 Å². The first-order valence-electron chi connectivity index (χ1n) is 8.64. The molecule has 0 heterocycles. The summed E-state index contributed by atoms with van der Waals surface area (Å²) in [6, 6.07) is 3.56. The van der Waals surface area contributed by atoms with E-state index in [0.717, 1.165) is 48.6 Å². The summed E-state index contributed by atoms with van der Waals surface area (Å²) in [6.45, 7) is 3.45. The molecule has 0 N–H and O–H groups in total. The highest BCUT2D eigenvalue weighted by molar-refractivity contribution is 8.14. The zero-order valence-corrected chi connectivity index (χ0v) is 16.9. The predicted octanol–water partition coefficient (Wildman–Crippen LogP) is 3.91. The van der Waals surface area contributed by atoms with Crippen molar-refractivity contribution in [3.8, 4) is 0 Å². The number of rotatable bonds is 6. The highest BCUT2D eigenvalue weighted by Crippen LogP contribution is 2.32. The van der Waals surface area contributed by atoms with Crippen LogP contribution in [-0.4, -0.2) is 36.4 Å². The number of ether oxygens (including phenoxy) is 1. The normalized spacial score (nSPS) is 14.3. The van der Waals surface area contributed by atoms with Gasteiger partial charge >= 0.3 is 5.97 Å². The molecular weight excluding hydrogens is 374 g/mol. The average molecular weight is 398 g/mol. The minimum absolute atomic E-state index is 0.00226. The molecule has 0 aliphatic heterocycles. The molecule has 1 amide bonds. The zero-order chi connectivity index (χ0) is 19.3. The third-order valence-electron chi connectivity index (χ3n) is 4.68. The molecule has 0 saturated heterocycles. The molecule has 1 fully saturated rings. The van der Waals surface area contributed by atoms with Crippen LogP contribution in [0.1, 0.15) is 36.8 Å². The van der Waals surface area contributed by atoms with Crippen molar-refractivity contribution in [3.05, 3.63) is 28.3 Å². The molecule has 1 aliphatic rings. The number of aryl methyl sites for hydroxylation is 1. The van der Waals surface area contributed by atoms with Crippen molar-refractivity contribution in [1.29, 1.82) is 0 Å². The molecule has 1 aliphatic carbocycles. The van der Waals surface area contributed by atoms with Gasteiger partial charge in [-0.15, -0.1) is 0 Å². The quantitative estimate of drug-likeness (QED) is 0.681. The number of carbonyl (C=O) groups excluding carboxylic acids is 3. The first kappa shape index (κ1) is 20.8. The van der Waals surface area contributed by atoms with Crippen molar-refractivity contribution < 1.29 is 19.1 Å². The number of hydrogen-bond acceptors (Lipinski definition) is 5. The van der Waals surface area contributed by atoms with Gasteiger partial charge in [0.05, 0.1) is 18.6 Å². The maximum absolute atomic E-state index is 12.8. The van der Waals surface area contributed by atoms with E-state index in [1.54, 1.807) is 19.1 Å². The first-order valence-corrected chi connectivity index (χ1v) is 10.0. The lowest BCUT2D eigenvalue weighted by molar-refractivity contribution is -0.139. The van der Waals surface area contributed by atoms with Gasteiger partial charge in [0.2, 0.25) is 5.91 Å². The second kappa shape index (κ2) is 9.42. The fraction of sp³-hybridized carbons (Fsp3) is 0.526. The lowest BCUT2D eigenvalue weighted by Crippen LogP contribution is -2.38. The Hall–Kier alpha value is -1.53. The van der Waals surface area contributed by atoms with Crippen molar-refractivity contribution in [2.24, 2.45) is 5.92 Å². The highest BCUT2D eigenvalue weighted by atomic mass is 35.5. The molecule has 2 rings (SSSR count). The van der Waals surface area contributed by atoms with E-state index < -0.39 is 5.97 Å². The largest absolute Gasteiger partial charge is 0.468 e. The SMILES string of the molecule is COC(=O)CN(C(=O)CSC(=O)C1CCCC1)c1c(C)ccc(Cl)c1C. The third-order valence-corrected chi connectivity index (χ3v) is 6.10. The van der Waals surface area contributed by atoms with Crippen molar-refractivity contribution in [3.63, 3.8) is 0 Å². The Morgan fingerprint density at radius 1 is 1.23 bits per heavy atom. The molecule has 1 aromatic carbocycles. The fourth-order valence-electron chi connectivity index (χ4n) is 3.20. The van der Waals surface area contributed by atoms with Crippen LogP contribution >= 0.6 is 23.4 Å². The standard InChI is InChI=1S/C19H24ClNO4S/c1-12-8-9-15(20)13(2)18(12)21(10-17(23)25-3)16(22)11-26-19(24)14-6-4-5-7-14/h8-9,14H,4-7,10-11H2,1-3H3. The Morgan fingerprint density at radius 2 is 1.88 bits per heavy atom. The molecule has 0 unspecified atom stereocenters. The maximum atomic E-state index is 12.8. The number of carbonyl (C=O) groups is 3. The maximum Gasteiger partial charge on any atom is 0.325 e. The monoisotopic (exact) mass is 397 g/mol. The van der Waals surface area contributed by atoms with Gasteiger partial charge in [-0.25, -0.2) is 0 Å². The van der Waals surface area contributed by atoms with Crippen LogP contribution in [-0.2, 0) is 19.1 Å². The molecule has 5 nitrogen and oxygen atoms in total. The van der Waals surface area contributed by atoms with Crippen LogP contribution in [0, 0.1) is 19.8 Å². The van der Waals surface area contributed by atoms with Gasteiger partial charge in [0, 0.05) is 10.9 Å². The molecule has 142 valence electrons. The van der Waals surface area contributed by atoms with Crippen molar-refractivity contribution in [2.75, 3.05) is 24.3 Å². The van der Waals surface area contributed by atoms with E-state index in [1.807, 2.05) is 6.92 Å². The Kier molecular flexibility index (Phi) is 7.53. The Bertz CT molecular complexity index is 701. The molecule has 0 spiro atoms. The summed E-state index contributed by atoms with van der Waals surface area (Å²) < 4.78 is 4.73. The van der Waals surface area contributed by atoms with Crippen LogP contribution in [0.3, 0.4) is 0 Å². The molecule has 0 atom stereocenters. The summed E-state index contributed by atoms with van der Waals surface area (Å²) in [7, 11) is 1.28. The predicted molar refractivity (Wildman–Crippen MR) is 105 cm³/mol. The Morgan fingerprint density at radius 3 is 2.50 bits per heavy atom. The van der Waals surface area contributed by atoms with Gasteiger partial charge in [0.25, 0.3) is 0 Å². The molecule has 0 aromatic heterocycles. The van der Waals surface area contributed by atoms with Gasteiger partial charge in [0.15, 0.2) is 5.12 Å². The van der Waals surface area contributed by atoms with Crippen molar-refractivity contribution in [2.45, 2.75) is 39.5 Å². The second-order valence-electron chi connectivity index (χ2n) is 6.48. The number of methoxy groups -OCH3 is 1.